The van der Waals surface area contributed by atoms with E-state index in [1.165, 1.54) is 12.5 Å². The highest BCUT2D eigenvalue weighted by atomic mass is 16.4. The molecule has 0 aliphatic carbocycles. The summed E-state index contributed by atoms with van der Waals surface area (Å²) in [4.78, 5) is 47.9. The Hall–Kier alpha value is -3.82. The summed E-state index contributed by atoms with van der Waals surface area (Å²) in [6.45, 7) is 9.32. The second-order valence-corrected chi connectivity index (χ2v) is 9.77. The number of nitrogens with zero attached hydrogens (tertiary/aromatic N) is 4. The second-order valence-electron chi connectivity index (χ2n) is 9.77. The zero-order valence-electron chi connectivity index (χ0n) is 19.8. The zero-order valence-corrected chi connectivity index (χ0v) is 19.8. The molecule has 0 unspecified atom stereocenters. The predicted molar refractivity (Wildman–Crippen MR) is 123 cm³/mol. The number of rotatable bonds is 7. The van der Waals surface area contributed by atoms with Crippen molar-refractivity contribution >= 4 is 23.8 Å². The topological polar surface area (TPSA) is 134 Å². The molecule has 10 nitrogen and oxygen atoms in total. The largest absolute Gasteiger partial charge is 0.418 e. The molecule has 0 radical (unpaired) electrons. The normalized spacial score (nSPS) is 17.4. The van der Waals surface area contributed by atoms with Crippen LogP contribution in [0.3, 0.4) is 0 Å². The Morgan fingerprint density at radius 3 is 2.56 bits per heavy atom. The third-order valence-electron chi connectivity index (χ3n) is 6.29. The number of ketones is 1. The molecule has 0 saturated carbocycles. The van der Waals surface area contributed by atoms with Crippen LogP contribution in [0.25, 0.3) is 0 Å². The van der Waals surface area contributed by atoms with Crippen molar-refractivity contribution in [1.82, 2.24) is 25.5 Å². The molecule has 1 aliphatic rings. The van der Waals surface area contributed by atoms with Gasteiger partial charge < -0.3 is 19.6 Å². The third-order valence-corrected chi connectivity index (χ3v) is 6.29. The quantitative estimate of drug-likeness (QED) is 0.405. The molecule has 4 rings (SSSR count). The van der Waals surface area contributed by atoms with Crippen LogP contribution in [0.5, 0.6) is 0 Å². The Bertz CT molecular complexity index is 1210. The van der Waals surface area contributed by atoms with Gasteiger partial charge >= 0.3 is 0 Å². The van der Waals surface area contributed by atoms with E-state index < -0.39 is 28.7 Å². The minimum atomic E-state index is -1.53. The maximum absolute atomic E-state index is 14.1. The summed E-state index contributed by atoms with van der Waals surface area (Å²) in [7, 11) is 0. The fraction of sp³-hybridized carbons (Fsp3) is 0.417. The number of H-pyrrole nitrogens is 1. The van der Waals surface area contributed by atoms with E-state index in [-0.39, 0.29) is 17.5 Å². The molecule has 0 saturated heterocycles. The molecular formula is C24H28N6O4. The van der Waals surface area contributed by atoms with Crippen LogP contribution in [0.2, 0.25) is 0 Å². The van der Waals surface area contributed by atoms with Crippen molar-refractivity contribution < 1.29 is 18.8 Å². The lowest BCUT2D eigenvalue weighted by Crippen LogP contribution is -2.68. The highest BCUT2D eigenvalue weighted by molar-refractivity contribution is 6.09. The second kappa shape index (κ2) is 8.51. The molecular weight excluding hydrogens is 436 g/mol. The van der Waals surface area contributed by atoms with Gasteiger partial charge in [0.2, 0.25) is 18.1 Å². The van der Waals surface area contributed by atoms with Gasteiger partial charge in [-0.2, -0.15) is 0 Å². The fourth-order valence-corrected chi connectivity index (χ4v) is 4.52. The summed E-state index contributed by atoms with van der Waals surface area (Å²) in [6.07, 6.45) is 3.68. The zero-order chi connectivity index (χ0) is 24.7. The molecule has 178 valence electrons. The van der Waals surface area contributed by atoms with Crippen LogP contribution in [-0.4, -0.2) is 49.8 Å². The van der Waals surface area contributed by atoms with E-state index in [0.717, 1.165) is 5.56 Å². The van der Waals surface area contributed by atoms with E-state index in [9.17, 15) is 14.4 Å². The SMILES string of the molecule is CC(C)[C@@](NC=O)(C(=O)c1nnc(C(C)(C)C)o1)[C@@H]1Cc2ccccc2N1C(=O)c1cnc[nH]1. The van der Waals surface area contributed by atoms with Crippen molar-refractivity contribution in [2.75, 3.05) is 4.90 Å². The number of aromatic nitrogens is 4. The third kappa shape index (κ3) is 3.68. The standard InChI is InChI=1S/C24H28N6O4/c1-14(2)24(27-13-31,19(32)20-28-29-22(34-20)23(3,4)5)18-10-15-8-6-7-9-17(15)30(18)21(33)16-11-25-12-26-16/h6-9,11-14,18H,10H2,1-5H3,(H,25,26)(H,27,31)/t18-,24-/m0/s1. The van der Waals surface area contributed by atoms with Gasteiger partial charge in [-0.15, -0.1) is 10.2 Å². The van der Waals surface area contributed by atoms with Gasteiger partial charge in [-0.1, -0.05) is 52.8 Å². The molecule has 1 aliphatic heterocycles. The lowest BCUT2D eigenvalue weighted by atomic mass is 9.74. The summed E-state index contributed by atoms with van der Waals surface area (Å²) in [6, 6.07) is 6.69. The maximum Gasteiger partial charge on any atom is 0.286 e. The first-order valence-electron chi connectivity index (χ1n) is 11.1. The molecule has 0 bridgehead atoms. The van der Waals surface area contributed by atoms with Crippen LogP contribution in [-0.2, 0) is 16.6 Å². The molecule has 10 heteroatoms. The van der Waals surface area contributed by atoms with Crippen LogP contribution < -0.4 is 10.2 Å². The highest BCUT2D eigenvalue weighted by Gasteiger charge is 2.56. The lowest BCUT2D eigenvalue weighted by Gasteiger charge is -2.43. The number of benzene rings is 1. The van der Waals surface area contributed by atoms with Crippen molar-refractivity contribution in [3.05, 3.63) is 59.8 Å². The molecule has 34 heavy (non-hydrogen) atoms. The molecule has 2 amide bonds. The van der Waals surface area contributed by atoms with Crippen LogP contribution in [0.1, 0.15) is 67.2 Å². The van der Waals surface area contributed by atoms with Crippen LogP contribution in [0.4, 0.5) is 5.69 Å². The van der Waals surface area contributed by atoms with Crippen molar-refractivity contribution in [1.29, 1.82) is 0 Å². The van der Waals surface area contributed by atoms with Crippen LogP contribution in [0.15, 0.2) is 41.2 Å². The van der Waals surface area contributed by atoms with Crippen LogP contribution in [0, 0.1) is 5.92 Å². The van der Waals surface area contributed by atoms with Gasteiger partial charge in [0.05, 0.1) is 18.6 Å². The number of fused-ring (bicyclic) bond motifs is 1. The Morgan fingerprint density at radius 2 is 1.97 bits per heavy atom. The van der Waals surface area contributed by atoms with E-state index in [4.69, 9.17) is 4.42 Å². The first kappa shape index (κ1) is 23.3. The minimum Gasteiger partial charge on any atom is -0.418 e. The van der Waals surface area contributed by atoms with Gasteiger partial charge in [-0.05, 0) is 24.0 Å². The Kier molecular flexibility index (Phi) is 5.84. The first-order chi connectivity index (χ1) is 16.1. The fourth-order valence-electron chi connectivity index (χ4n) is 4.52. The van der Waals surface area contributed by atoms with Crippen molar-refractivity contribution in [3.63, 3.8) is 0 Å². The number of para-hydroxylation sites is 1. The molecule has 3 heterocycles. The minimum absolute atomic E-state index is 0.210. The number of carbonyl (C=O) groups is 3. The summed E-state index contributed by atoms with van der Waals surface area (Å²) < 4.78 is 5.77. The van der Waals surface area contributed by atoms with E-state index in [1.54, 1.807) is 4.90 Å². The van der Waals surface area contributed by atoms with E-state index >= 15 is 0 Å². The molecule has 1 aromatic carbocycles. The number of anilines is 1. The van der Waals surface area contributed by atoms with Gasteiger partial charge in [-0.25, -0.2) is 4.98 Å². The number of carbonyl (C=O) groups excluding carboxylic acids is 3. The predicted octanol–water partition coefficient (Wildman–Crippen LogP) is 2.69. The van der Waals surface area contributed by atoms with Crippen molar-refractivity contribution in [2.45, 2.75) is 58.0 Å². The number of nitrogens with one attached hydrogen (secondary N) is 2. The smallest absolute Gasteiger partial charge is 0.286 e. The molecule has 3 aromatic rings. The Morgan fingerprint density at radius 1 is 1.24 bits per heavy atom. The summed E-state index contributed by atoms with van der Waals surface area (Å²) in [5.74, 6) is -1.24. The van der Waals surface area contributed by atoms with Gasteiger partial charge in [0.15, 0.2) is 0 Å². The molecule has 0 fully saturated rings. The number of imidazole rings is 1. The average Bonchev–Trinajstić information content (AvgIpc) is 3.55. The van der Waals surface area contributed by atoms with E-state index in [2.05, 4.69) is 25.5 Å². The van der Waals surface area contributed by atoms with Gasteiger partial charge in [0.1, 0.15) is 11.2 Å². The van der Waals surface area contributed by atoms with Crippen molar-refractivity contribution in [2.24, 2.45) is 5.92 Å². The number of amides is 2. The van der Waals surface area contributed by atoms with E-state index in [1.807, 2.05) is 58.9 Å². The molecule has 0 spiro atoms. The number of hydrogen-bond acceptors (Lipinski definition) is 7. The summed E-state index contributed by atoms with van der Waals surface area (Å²) in [5, 5.41) is 10.8. The summed E-state index contributed by atoms with van der Waals surface area (Å²) >= 11 is 0. The Labute approximate surface area is 197 Å². The number of Topliss-reactive ketones (excluding diaryl/α,β-unsaturated/α-hetero) is 1. The lowest BCUT2D eigenvalue weighted by molar-refractivity contribution is -0.111. The highest BCUT2D eigenvalue weighted by Crippen LogP contribution is 2.41. The molecule has 2 atom stereocenters. The first-order valence-corrected chi connectivity index (χ1v) is 11.1. The van der Waals surface area contributed by atoms with Gasteiger partial charge in [0.25, 0.3) is 11.8 Å². The Balaban J connectivity index is 1.87. The average molecular weight is 465 g/mol. The maximum atomic E-state index is 14.1. The van der Waals surface area contributed by atoms with Crippen molar-refractivity contribution in [3.8, 4) is 0 Å². The monoisotopic (exact) mass is 464 g/mol. The molecule has 2 N–H and O–H groups in total. The number of hydrogen-bond donors (Lipinski definition) is 2. The van der Waals surface area contributed by atoms with E-state index in [0.29, 0.717) is 24.4 Å². The number of aromatic amines is 1. The van der Waals surface area contributed by atoms with Gasteiger partial charge in [-0.3, -0.25) is 14.4 Å². The summed E-state index contributed by atoms with van der Waals surface area (Å²) in [5.41, 5.74) is -0.176. The van der Waals surface area contributed by atoms with Gasteiger partial charge in [0, 0.05) is 11.1 Å². The molecule has 2 aromatic heterocycles. The van der Waals surface area contributed by atoms with Crippen LogP contribution >= 0.6 is 0 Å².